The summed E-state index contributed by atoms with van der Waals surface area (Å²) in [7, 11) is 1.70. The van der Waals surface area contributed by atoms with Crippen molar-refractivity contribution in [3.63, 3.8) is 0 Å². The Morgan fingerprint density at radius 2 is 2.06 bits per heavy atom. The number of pyridine rings is 1. The highest BCUT2D eigenvalue weighted by molar-refractivity contribution is 5.94. The summed E-state index contributed by atoms with van der Waals surface area (Å²) in [6.07, 6.45) is 4.18. The van der Waals surface area contributed by atoms with Gasteiger partial charge < -0.3 is 14.5 Å². The van der Waals surface area contributed by atoms with Crippen LogP contribution < -0.4 is 4.73 Å². The van der Waals surface area contributed by atoms with Crippen LogP contribution in [0.25, 0.3) is 0 Å². The number of carbonyl (C=O) groups is 1. The fourth-order valence-electron chi connectivity index (χ4n) is 1.65. The van der Waals surface area contributed by atoms with Crippen molar-refractivity contribution in [2.45, 2.75) is 13.0 Å². The molecule has 18 heavy (non-hydrogen) atoms. The Morgan fingerprint density at radius 1 is 1.39 bits per heavy atom. The lowest BCUT2D eigenvalue weighted by Gasteiger charge is -2.23. The zero-order valence-corrected chi connectivity index (χ0v) is 10.2. The van der Waals surface area contributed by atoms with Crippen LogP contribution in [0.4, 0.5) is 0 Å². The zero-order chi connectivity index (χ0) is 13.1. The first kappa shape index (κ1) is 12.2. The molecule has 2 aromatic heterocycles. The highest BCUT2D eigenvalue weighted by atomic mass is 16.5. The summed E-state index contributed by atoms with van der Waals surface area (Å²) < 4.78 is 5.92. The van der Waals surface area contributed by atoms with Crippen molar-refractivity contribution in [3.8, 4) is 0 Å². The van der Waals surface area contributed by atoms with Crippen LogP contribution in [0, 0.1) is 5.21 Å². The van der Waals surface area contributed by atoms with Crippen LogP contribution >= 0.6 is 0 Å². The summed E-state index contributed by atoms with van der Waals surface area (Å²) in [5.41, 5.74) is 0.475. The van der Waals surface area contributed by atoms with Crippen molar-refractivity contribution in [1.29, 1.82) is 0 Å². The largest absolute Gasteiger partial charge is 0.619 e. The second-order valence-electron chi connectivity index (χ2n) is 4.05. The van der Waals surface area contributed by atoms with Gasteiger partial charge in [-0.2, -0.15) is 4.73 Å². The predicted molar refractivity (Wildman–Crippen MR) is 64.6 cm³/mol. The summed E-state index contributed by atoms with van der Waals surface area (Å²) in [6.45, 7) is 1.88. The van der Waals surface area contributed by atoms with Crippen molar-refractivity contribution in [2.24, 2.45) is 0 Å². The molecule has 1 amide bonds. The minimum Gasteiger partial charge on any atom is -0.619 e. The van der Waals surface area contributed by atoms with Gasteiger partial charge >= 0.3 is 0 Å². The highest BCUT2D eigenvalue weighted by Gasteiger charge is 2.20. The molecule has 0 aromatic carbocycles. The Bertz CT molecular complexity index is 520. The van der Waals surface area contributed by atoms with Crippen LogP contribution in [0.5, 0.6) is 0 Å². The average molecular weight is 246 g/mol. The quantitative estimate of drug-likeness (QED) is 0.612. The van der Waals surface area contributed by atoms with Gasteiger partial charge in [-0.25, -0.2) is 0 Å². The summed E-state index contributed by atoms with van der Waals surface area (Å²) >= 11 is 0. The maximum absolute atomic E-state index is 12.2. The third kappa shape index (κ3) is 2.34. The second-order valence-corrected chi connectivity index (χ2v) is 4.05. The summed E-state index contributed by atoms with van der Waals surface area (Å²) in [6, 6.07) is 6.45. The Hall–Kier alpha value is -2.30. The van der Waals surface area contributed by atoms with E-state index >= 15 is 0 Å². The number of carbonyl (C=O) groups excluding carboxylic acids is 1. The SMILES string of the molecule is CC(c1ccco1)N(C)C(=O)c1cc[n+]([O-])cc1. The maximum Gasteiger partial charge on any atom is 0.254 e. The van der Waals surface area contributed by atoms with Gasteiger partial charge in [0.25, 0.3) is 5.91 Å². The standard InChI is InChI=1S/C13H14N2O3/c1-10(12-4-3-9-18-12)14(2)13(16)11-5-7-15(17)8-6-11/h3-10H,1-2H3. The van der Waals surface area contributed by atoms with Crippen LogP contribution in [0.3, 0.4) is 0 Å². The fraction of sp³-hybridized carbons (Fsp3) is 0.231. The molecule has 0 bridgehead atoms. The number of furan rings is 1. The molecule has 2 aromatic rings. The molecule has 5 heteroatoms. The lowest BCUT2D eigenvalue weighted by Crippen LogP contribution is -2.31. The van der Waals surface area contributed by atoms with Gasteiger partial charge in [-0.1, -0.05) is 0 Å². The fourth-order valence-corrected chi connectivity index (χ4v) is 1.65. The van der Waals surface area contributed by atoms with Crippen LogP contribution in [0.15, 0.2) is 47.3 Å². The van der Waals surface area contributed by atoms with E-state index in [1.54, 1.807) is 24.3 Å². The van der Waals surface area contributed by atoms with Crippen molar-refractivity contribution < 1.29 is 13.9 Å². The molecule has 2 rings (SSSR count). The Morgan fingerprint density at radius 3 is 2.61 bits per heavy atom. The van der Waals surface area contributed by atoms with Gasteiger partial charge in [0.05, 0.1) is 17.9 Å². The molecule has 0 aliphatic rings. The van der Waals surface area contributed by atoms with Gasteiger partial charge in [-0.3, -0.25) is 4.79 Å². The number of nitrogens with zero attached hydrogens (tertiary/aromatic N) is 2. The topological polar surface area (TPSA) is 60.4 Å². The molecule has 0 spiro atoms. The van der Waals surface area contributed by atoms with Gasteiger partial charge in [0.2, 0.25) is 0 Å². The summed E-state index contributed by atoms with van der Waals surface area (Å²) in [5.74, 6) is 0.570. The van der Waals surface area contributed by atoms with Crippen molar-refractivity contribution in [1.82, 2.24) is 4.90 Å². The third-order valence-electron chi connectivity index (χ3n) is 2.91. The summed E-state index contributed by atoms with van der Waals surface area (Å²) in [5, 5.41) is 10.9. The maximum atomic E-state index is 12.2. The molecule has 0 saturated heterocycles. The first-order chi connectivity index (χ1) is 8.59. The third-order valence-corrected chi connectivity index (χ3v) is 2.91. The van der Waals surface area contributed by atoms with Gasteiger partial charge in [-0.15, -0.1) is 0 Å². The minimum atomic E-state index is -0.160. The molecule has 2 heterocycles. The van der Waals surface area contributed by atoms with Gasteiger partial charge in [0.15, 0.2) is 12.4 Å². The van der Waals surface area contributed by atoms with E-state index in [9.17, 15) is 10.0 Å². The molecule has 0 radical (unpaired) electrons. The lowest BCUT2D eigenvalue weighted by molar-refractivity contribution is -0.605. The minimum absolute atomic E-state index is 0.153. The van der Waals surface area contributed by atoms with Gasteiger partial charge in [0.1, 0.15) is 5.76 Å². The van der Waals surface area contributed by atoms with Crippen LogP contribution in [0.1, 0.15) is 29.1 Å². The Labute approximate surface area is 105 Å². The zero-order valence-electron chi connectivity index (χ0n) is 10.2. The predicted octanol–water partition coefficient (Wildman–Crippen LogP) is 1.75. The Balaban J connectivity index is 2.16. The number of aromatic nitrogens is 1. The van der Waals surface area contributed by atoms with Crippen LogP contribution in [-0.4, -0.2) is 17.9 Å². The normalized spacial score (nSPS) is 12.1. The van der Waals surface area contributed by atoms with Crippen molar-refractivity contribution >= 4 is 5.91 Å². The Kier molecular flexibility index (Phi) is 3.32. The van der Waals surface area contributed by atoms with E-state index < -0.39 is 0 Å². The van der Waals surface area contributed by atoms with E-state index in [0.29, 0.717) is 10.3 Å². The number of hydrogen-bond acceptors (Lipinski definition) is 3. The van der Waals surface area contributed by atoms with E-state index in [0.717, 1.165) is 5.76 Å². The molecular formula is C13H14N2O3. The first-order valence-electron chi connectivity index (χ1n) is 5.59. The van der Waals surface area contributed by atoms with E-state index in [1.165, 1.54) is 24.5 Å². The molecular weight excluding hydrogens is 232 g/mol. The van der Waals surface area contributed by atoms with E-state index in [-0.39, 0.29) is 11.9 Å². The monoisotopic (exact) mass is 246 g/mol. The van der Waals surface area contributed by atoms with Crippen LogP contribution in [-0.2, 0) is 0 Å². The highest BCUT2D eigenvalue weighted by Crippen LogP contribution is 2.20. The van der Waals surface area contributed by atoms with Crippen LogP contribution in [0.2, 0.25) is 0 Å². The lowest BCUT2D eigenvalue weighted by atomic mass is 10.2. The molecule has 94 valence electrons. The molecule has 0 saturated carbocycles. The molecule has 0 fully saturated rings. The molecule has 0 aliphatic carbocycles. The summed E-state index contributed by atoms with van der Waals surface area (Å²) in [4.78, 5) is 13.7. The molecule has 1 atom stereocenters. The van der Waals surface area contributed by atoms with Crippen molar-refractivity contribution in [2.75, 3.05) is 7.05 Å². The molecule has 1 unspecified atom stereocenters. The van der Waals surface area contributed by atoms with E-state index in [1.807, 2.05) is 13.0 Å². The van der Waals surface area contributed by atoms with Gasteiger partial charge in [-0.05, 0) is 19.1 Å². The van der Waals surface area contributed by atoms with Crippen molar-refractivity contribution in [3.05, 3.63) is 59.5 Å². The van der Waals surface area contributed by atoms with Gasteiger partial charge in [0, 0.05) is 19.2 Å². The molecule has 0 aliphatic heterocycles. The number of amides is 1. The van der Waals surface area contributed by atoms with E-state index in [4.69, 9.17) is 4.42 Å². The average Bonchev–Trinajstić information content (AvgIpc) is 2.91. The smallest absolute Gasteiger partial charge is 0.254 e. The second kappa shape index (κ2) is 4.91. The molecule has 0 N–H and O–H groups in total. The molecule has 5 nitrogen and oxygen atoms in total. The van der Waals surface area contributed by atoms with E-state index in [2.05, 4.69) is 0 Å². The number of hydrogen-bond donors (Lipinski definition) is 0. The number of rotatable bonds is 3. The first-order valence-corrected chi connectivity index (χ1v) is 5.59.